The summed E-state index contributed by atoms with van der Waals surface area (Å²) in [6.07, 6.45) is 0.418. The number of fused-ring (bicyclic) bond motifs is 1. The van der Waals surface area contributed by atoms with Gasteiger partial charge in [0.05, 0.1) is 5.52 Å². The Morgan fingerprint density at radius 1 is 1.17 bits per heavy atom. The van der Waals surface area contributed by atoms with E-state index < -0.39 is 22.9 Å². The molecule has 1 fully saturated rings. The van der Waals surface area contributed by atoms with Crippen LogP contribution in [-0.4, -0.2) is 21.9 Å². The van der Waals surface area contributed by atoms with Gasteiger partial charge in [-0.1, -0.05) is 13.8 Å². The number of hydrogen-bond donors (Lipinski definition) is 0. The zero-order valence-corrected chi connectivity index (χ0v) is 14.1. The summed E-state index contributed by atoms with van der Waals surface area (Å²) >= 11 is 0. The van der Waals surface area contributed by atoms with Crippen LogP contribution < -0.4 is 5.76 Å². The highest BCUT2D eigenvalue weighted by Gasteiger charge is 2.44. The molecule has 0 unspecified atom stereocenters. The topological polar surface area (TPSA) is 86.3 Å². The summed E-state index contributed by atoms with van der Waals surface area (Å²) in [6.45, 7) is 5.39. The fraction of sp³-hybridized carbons (Fsp3) is 0.444. The van der Waals surface area contributed by atoms with Gasteiger partial charge in [0.15, 0.2) is 22.9 Å². The lowest BCUT2D eigenvalue weighted by Crippen LogP contribution is -2.42. The molecule has 0 amide bonds. The summed E-state index contributed by atoms with van der Waals surface area (Å²) in [5.74, 6) is -2.92. The lowest BCUT2D eigenvalue weighted by Gasteiger charge is -2.31. The summed E-state index contributed by atoms with van der Waals surface area (Å²) in [7, 11) is 1.55. The molecular weight excluding hydrogens is 310 g/mol. The van der Waals surface area contributed by atoms with Gasteiger partial charge in [0.25, 0.3) is 0 Å². The third-order valence-electron chi connectivity index (χ3n) is 4.68. The van der Waals surface area contributed by atoms with E-state index in [-0.39, 0.29) is 30.0 Å². The predicted molar refractivity (Wildman–Crippen MR) is 87.0 cm³/mol. The summed E-state index contributed by atoms with van der Waals surface area (Å²) < 4.78 is 6.41. The number of benzene rings is 1. The van der Waals surface area contributed by atoms with Gasteiger partial charge in [-0.15, -0.1) is 0 Å². The summed E-state index contributed by atoms with van der Waals surface area (Å²) in [6, 6.07) is 3.04. The molecule has 0 spiro atoms. The molecule has 6 nitrogen and oxygen atoms in total. The minimum Gasteiger partial charge on any atom is -0.408 e. The number of rotatable bonds is 2. The standard InChI is InChI=1S/C18H19NO5/c1-9-10(5-6-13-15(9)19(4)17(23)24-13)16(22)14-11(20)7-18(2,3)8-12(14)21/h5-6,14H,7-8H2,1-4H3. The lowest BCUT2D eigenvalue weighted by atomic mass is 9.69. The van der Waals surface area contributed by atoms with Crippen molar-refractivity contribution >= 4 is 28.4 Å². The van der Waals surface area contributed by atoms with Gasteiger partial charge < -0.3 is 4.42 Å². The normalized spacial score (nSPS) is 18.3. The number of hydrogen-bond acceptors (Lipinski definition) is 5. The van der Waals surface area contributed by atoms with Gasteiger partial charge in [-0.2, -0.15) is 0 Å². The number of Topliss-reactive ketones (excluding diaryl/α,β-unsaturated/α-hetero) is 3. The van der Waals surface area contributed by atoms with Crippen LogP contribution in [0.3, 0.4) is 0 Å². The minimum absolute atomic E-state index is 0.209. The van der Waals surface area contributed by atoms with Crippen molar-refractivity contribution in [1.29, 1.82) is 0 Å². The van der Waals surface area contributed by atoms with Crippen LogP contribution in [0.5, 0.6) is 0 Å². The molecule has 1 aliphatic rings. The molecule has 1 aromatic heterocycles. The van der Waals surface area contributed by atoms with E-state index in [4.69, 9.17) is 4.42 Å². The second kappa shape index (κ2) is 5.26. The molecule has 126 valence electrons. The lowest BCUT2D eigenvalue weighted by molar-refractivity contribution is -0.137. The highest BCUT2D eigenvalue weighted by Crippen LogP contribution is 2.35. The first kappa shape index (κ1) is 16.4. The number of carbonyl (C=O) groups is 3. The van der Waals surface area contributed by atoms with Gasteiger partial charge in [-0.05, 0) is 30.0 Å². The van der Waals surface area contributed by atoms with Crippen LogP contribution in [0.2, 0.25) is 0 Å². The fourth-order valence-electron chi connectivity index (χ4n) is 3.53. The van der Waals surface area contributed by atoms with E-state index in [1.165, 1.54) is 16.7 Å². The van der Waals surface area contributed by atoms with Crippen molar-refractivity contribution in [3.63, 3.8) is 0 Å². The average molecular weight is 329 g/mol. The highest BCUT2D eigenvalue weighted by molar-refractivity contribution is 6.26. The van der Waals surface area contributed by atoms with E-state index in [1.807, 2.05) is 13.8 Å². The van der Waals surface area contributed by atoms with Crippen LogP contribution >= 0.6 is 0 Å². The molecule has 2 aromatic rings. The molecule has 0 aliphatic heterocycles. The Morgan fingerprint density at radius 2 is 1.75 bits per heavy atom. The van der Waals surface area contributed by atoms with Crippen molar-refractivity contribution in [2.45, 2.75) is 33.6 Å². The molecule has 1 heterocycles. The van der Waals surface area contributed by atoms with Gasteiger partial charge in [0.2, 0.25) is 0 Å². The molecule has 6 heteroatoms. The Morgan fingerprint density at radius 3 is 2.33 bits per heavy atom. The number of ketones is 3. The van der Waals surface area contributed by atoms with Crippen LogP contribution in [0.4, 0.5) is 0 Å². The van der Waals surface area contributed by atoms with Crippen LogP contribution in [0.15, 0.2) is 21.3 Å². The maximum atomic E-state index is 12.9. The molecule has 3 rings (SSSR count). The van der Waals surface area contributed by atoms with E-state index in [0.29, 0.717) is 16.7 Å². The smallest absolute Gasteiger partial charge is 0.408 e. The molecule has 0 atom stereocenters. The Balaban J connectivity index is 2.08. The molecule has 0 N–H and O–H groups in total. The van der Waals surface area contributed by atoms with Crippen LogP contribution in [0, 0.1) is 18.3 Å². The first-order valence-corrected chi connectivity index (χ1v) is 7.81. The van der Waals surface area contributed by atoms with Crippen molar-refractivity contribution in [2.75, 3.05) is 0 Å². The van der Waals surface area contributed by atoms with Gasteiger partial charge in [-0.3, -0.25) is 19.0 Å². The summed E-state index contributed by atoms with van der Waals surface area (Å²) in [4.78, 5) is 49.2. The van der Waals surface area contributed by atoms with E-state index in [1.54, 1.807) is 14.0 Å². The number of aromatic nitrogens is 1. The Bertz CT molecular complexity index is 924. The van der Waals surface area contributed by atoms with E-state index in [2.05, 4.69) is 0 Å². The number of carbonyl (C=O) groups excluding carboxylic acids is 3. The summed E-state index contributed by atoms with van der Waals surface area (Å²) in [5.41, 5.74) is 1.29. The van der Waals surface area contributed by atoms with Gasteiger partial charge in [0.1, 0.15) is 5.92 Å². The second-order valence-electron chi connectivity index (χ2n) is 7.26. The molecule has 0 saturated heterocycles. The Kier molecular flexibility index (Phi) is 3.59. The van der Waals surface area contributed by atoms with Crippen molar-refractivity contribution in [3.05, 3.63) is 33.8 Å². The Labute approximate surface area is 138 Å². The molecule has 1 saturated carbocycles. The van der Waals surface area contributed by atoms with E-state index >= 15 is 0 Å². The van der Waals surface area contributed by atoms with Gasteiger partial charge >= 0.3 is 5.76 Å². The molecule has 0 radical (unpaired) electrons. The largest absolute Gasteiger partial charge is 0.419 e. The van der Waals surface area contributed by atoms with Crippen LogP contribution in [0.1, 0.15) is 42.6 Å². The zero-order chi connectivity index (χ0) is 17.8. The molecule has 0 bridgehead atoms. The average Bonchev–Trinajstić information content (AvgIpc) is 2.72. The third-order valence-corrected chi connectivity index (χ3v) is 4.68. The molecular formula is C18H19NO5. The van der Waals surface area contributed by atoms with Crippen LogP contribution in [-0.2, 0) is 16.6 Å². The van der Waals surface area contributed by atoms with E-state index in [9.17, 15) is 19.2 Å². The van der Waals surface area contributed by atoms with Gasteiger partial charge in [-0.25, -0.2) is 4.79 Å². The monoisotopic (exact) mass is 329 g/mol. The van der Waals surface area contributed by atoms with Crippen molar-refractivity contribution in [2.24, 2.45) is 18.4 Å². The fourth-order valence-corrected chi connectivity index (χ4v) is 3.53. The molecule has 1 aliphatic carbocycles. The van der Waals surface area contributed by atoms with Crippen molar-refractivity contribution in [3.8, 4) is 0 Å². The zero-order valence-electron chi connectivity index (χ0n) is 14.1. The molecule has 24 heavy (non-hydrogen) atoms. The molecule has 1 aromatic carbocycles. The van der Waals surface area contributed by atoms with Crippen molar-refractivity contribution < 1.29 is 18.8 Å². The SMILES string of the molecule is Cc1c(C(=O)C2C(=O)CC(C)(C)CC2=O)ccc2oc(=O)n(C)c12. The number of oxazole rings is 1. The summed E-state index contributed by atoms with van der Waals surface area (Å²) in [5, 5.41) is 0. The van der Waals surface area contributed by atoms with Gasteiger partial charge in [0, 0.05) is 25.5 Å². The third kappa shape index (κ3) is 2.42. The second-order valence-corrected chi connectivity index (χ2v) is 7.26. The Hall–Kier alpha value is -2.50. The van der Waals surface area contributed by atoms with E-state index in [0.717, 1.165) is 0 Å². The highest BCUT2D eigenvalue weighted by atomic mass is 16.4. The van der Waals surface area contributed by atoms with Crippen LogP contribution in [0.25, 0.3) is 11.1 Å². The maximum Gasteiger partial charge on any atom is 0.419 e. The number of nitrogens with zero attached hydrogens (tertiary/aromatic N) is 1. The predicted octanol–water partition coefficient (Wildman–Crippen LogP) is 2.20. The number of aryl methyl sites for hydroxylation is 2. The van der Waals surface area contributed by atoms with Crippen molar-refractivity contribution in [1.82, 2.24) is 4.57 Å². The maximum absolute atomic E-state index is 12.9. The first-order valence-electron chi connectivity index (χ1n) is 7.81. The quantitative estimate of drug-likeness (QED) is 0.623. The minimum atomic E-state index is -1.24. The first-order chi connectivity index (χ1) is 11.1.